The van der Waals surface area contributed by atoms with Gasteiger partial charge in [-0.15, -0.1) is 0 Å². The molecule has 1 aromatic carbocycles. The lowest BCUT2D eigenvalue weighted by Gasteiger charge is -2.01. The average molecular weight is 296 g/mol. The molecule has 3 heteroatoms. The smallest absolute Gasteiger partial charge is 0.0631 e. The van der Waals surface area contributed by atoms with Crippen LogP contribution in [0.25, 0.3) is 6.08 Å². The molecule has 0 amide bonds. The SMILES string of the molecule is C=Cc1ccc(Br)c(Br)c1Cl. The maximum absolute atomic E-state index is 5.95. The molecule has 0 saturated carbocycles. The largest absolute Gasteiger partial charge is 0.0984 e. The highest BCUT2D eigenvalue weighted by Gasteiger charge is 2.04. The van der Waals surface area contributed by atoms with Gasteiger partial charge in [0.2, 0.25) is 0 Å². The summed E-state index contributed by atoms with van der Waals surface area (Å²) in [5.74, 6) is 0. The number of rotatable bonds is 1. The molecule has 0 aliphatic carbocycles. The number of hydrogen-bond acceptors (Lipinski definition) is 0. The van der Waals surface area contributed by atoms with Gasteiger partial charge in [-0.2, -0.15) is 0 Å². The molecule has 0 heterocycles. The van der Waals surface area contributed by atoms with E-state index in [9.17, 15) is 0 Å². The number of halogens is 3. The number of hydrogen-bond donors (Lipinski definition) is 0. The second kappa shape index (κ2) is 3.74. The molecular formula is C8H5Br2Cl. The van der Waals surface area contributed by atoms with Crippen LogP contribution in [0.15, 0.2) is 27.7 Å². The summed E-state index contributed by atoms with van der Waals surface area (Å²) in [7, 11) is 0. The van der Waals surface area contributed by atoms with E-state index in [4.69, 9.17) is 11.6 Å². The molecule has 1 aromatic rings. The lowest BCUT2D eigenvalue weighted by atomic mass is 10.2. The van der Waals surface area contributed by atoms with Gasteiger partial charge in [-0.3, -0.25) is 0 Å². The summed E-state index contributed by atoms with van der Waals surface area (Å²) in [5.41, 5.74) is 0.932. The Kier molecular flexibility index (Phi) is 3.16. The first-order valence-electron chi connectivity index (χ1n) is 2.92. The first-order chi connectivity index (χ1) is 5.16. The maximum Gasteiger partial charge on any atom is 0.0631 e. The van der Waals surface area contributed by atoms with Crippen LogP contribution in [-0.4, -0.2) is 0 Å². The molecule has 0 spiro atoms. The summed E-state index contributed by atoms with van der Waals surface area (Å²) in [6, 6.07) is 3.83. The van der Waals surface area contributed by atoms with Crippen LogP contribution >= 0.6 is 43.5 Å². The molecule has 0 fully saturated rings. The van der Waals surface area contributed by atoms with Crippen molar-refractivity contribution in [2.45, 2.75) is 0 Å². The van der Waals surface area contributed by atoms with Crippen molar-refractivity contribution in [3.05, 3.63) is 38.2 Å². The quantitative estimate of drug-likeness (QED) is 0.669. The molecular weight excluding hydrogens is 291 g/mol. The van der Waals surface area contributed by atoms with Crippen LogP contribution in [0.2, 0.25) is 5.02 Å². The lowest BCUT2D eigenvalue weighted by molar-refractivity contribution is 1.56. The molecule has 0 aliphatic heterocycles. The zero-order chi connectivity index (χ0) is 8.43. The Bertz CT molecular complexity index is 294. The molecule has 0 radical (unpaired) electrons. The Labute approximate surface area is 87.5 Å². The summed E-state index contributed by atoms with van der Waals surface area (Å²) in [5, 5.41) is 0.689. The predicted octanol–water partition coefficient (Wildman–Crippen LogP) is 4.51. The highest BCUT2D eigenvalue weighted by Crippen LogP contribution is 2.33. The minimum Gasteiger partial charge on any atom is -0.0984 e. The zero-order valence-electron chi connectivity index (χ0n) is 5.57. The molecule has 0 atom stereocenters. The van der Waals surface area contributed by atoms with Crippen LogP contribution in [0, 0.1) is 0 Å². The van der Waals surface area contributed by atoms with Gasteiger partial charge in [-0.05, 0) is 43.5 Å². The van der Waals surface area contributed by atoms with Gasteiger partial charge in [0.1, 0.15) is 0 Å². The zero-order valence-corrected chi connectivity index (χ0v) is 9.50. The topological polar surface area (TPSA) is 0 Å². The van der Waals surface area contributed by atoms with Crippen LogP contribution in [0.5, 0.6) is 0 Å². The molecule has 0 aromatic heterocycles. The third-order valence-electron chi connectivity index (χ3n) is 1.28. The molecule has 0 unspecified atom stereocenters. The van der Waals surface area contributed by atoms with Crippen LogP contribution in [-0.2, 0) is 0 Å². The van der Waals surface area contributed by atoms with Gasteiger partial charge < -0.3 is 0 Å². The molecule has 58 valence electrons. The van der Waals surface area contributed by atoms with Crippen LogP contribution in [0.4, 0.5) is 0 Å². The van der Waals surface area contributed by atoms with Crippen molar-refractivity contribution in [2.75, 3.05) is 0 Å². The maximum atomic E-state index is 5.95. The molecule has 0 nitrogen and oxygen atoms in total. The minimum atomic E-state index is 0.689. The highest BCUT2D eigenvalue weighted by molar-refractivity contribution is 9.13. The number of benzene rings is 1. The summed E-state index contributed by atoms with van der Waals surface area (Å²) < 4.78 is 1.82. The van der Waals surface area contributed by atoms with Gasteiger partial charge in [0, 0.05) is 4.47 Å². The molecule has 0 N–H and O–H groups in total. The van der Waals surface area contributed by atoms with Gasteiger partial charge in [-0.25, -0.2) is 0 Å². The van der Waals surface area contributed by atoms with Gasteiger partial charge in [0.05, 0.1) is 9.50 Å². The van der Waals surface area contributed by atoms with Gasteiger partial charge in [-0.1, -0.05) is 30.3 Å². The Morgan fingerprint density at radius 3 is 2.55 bits per heavy atom. The fourth-order valence-corrected chi connectivity index (χ4v) is 1.75. The van der Waals surface area contributed by atoms with Crippen molar-refractivity contribution < 1.29 is 0 Å². The van der Waals surface area contributed by atoms with Gasteiger partial charge >= 0.3 is 0 Å². The Balaban J connectivity index is 3.36. The molecule has 1 rings (SSSR count). The fourth-order valence-electron chi connectivity index (χ4n) is 0.698. The van der Waals surface area contributed by atoms with E-state index >= 15 is 0 Å². The van der Waals surface area contributed by atoms with Gasteiger partial charge in [0.15, 0.2) is 0 Å². The van der Waals surface area contributed by atoms with E-state index in [1.165, 1.54) is 0 Å². The fraction of sp³-hybridized carbons (Fsp3) is 0. The van der Waals surface area contributed by atoms with Crippen molar-refractivity contribution >= 4 is 49.5 Å². The van der Waals surface area contributed by atoms with Crippen molar-refractivity contribution in [1.82, 2.24) is 0 Å². The third kappa shape index (κ3) is 1.86. The summed E-state index contributed by atoms with van der Waals surface area (Å²) in [4.78, 5) is 0. The molecule has 0 aliphatic rings. The van der Waals surface area contributed by atoms with Crippen LogP contribution < -0.4 is 0 Å². The highest BCUT2D eigenvalue weighted by atomic mass is 79.9. The van der Waals surface area contributed by atoms with E-state index in [2.05, 4.69) is 38.4 Å². The van der Waals surface area contributed by atoms with Crippen LogP contribution in [0.1, 0.15) is 5.56 Å². The van der Waals surface area contributed by atoms with E-state index in [1.54, 1.807) is 6.08 Å². The van der Waals surface area contributed by atoms with E-state index in [1.807, 2.05) is 12.1 Å². The summed E-state index contributed by atoms with van der Waals surface area (Å²) >= 11 is 12.6. The third-order valence-corrected chi connectivity index (χ3v) is 3.94. The predicted molar refractivity (Wildman–Crippen MR) is 56.9 cm³/mol. The van der Waals surface area contributed by atoms with Crippen molar-refractivity contribution in [2.24, 2.45) is 0 Å². The first kappa shape index (κ1) is 9.30. The summed E-state index contributed by atoms with van der Waals surface area (Å²) in [6.45, 7) is 3.64. The van der Waals surface area contributed by atoms with Crippen molar-refractivity contribution in [3.8, 4) is 0 Å². The molecule has 0 bridgehead atoms. The Hall–Kier alpha value is 0.210. The van der Waals surface area contributed by atoms with E-state index in [0.29, 0.717) is 5.02 Å². The molecule has 0 saturated heterocycles. The Morgan fingerprint density at radius 1 is 1.36 bits per heavy atom. The monoisotopic (exact) mass is 294 g/mol. The second-order valence-corrected chi connectivity index (χ2v) is 3.99. The standard InChI is InChI=1S/C8H5Br2Cl/c1-2-5-3-4-6(9)7(10)8(5)11/h2-4H,1H2. The summed E-state index contributed by atoms with van der Waals surface area (Å²) in [6.07, 6.45) is 1.72. The van der Waals surface area contributed by atoms with Crippen molar-refractivity contribution in [3.63, 3.8) is 0 Å². The van der Waals surface area contributed by atoms with Crippen LogP contribution in [0.3, 0.4) is 0 Å². The minimum absolute atomic E-state index is 0.689. The first-order valence-corrected chi connectivity index (χ1v) is 4.89. The van der Waals surface area contributed by atoms with E-state index in [0.717, 1.165) is 14.5 Å². The van der Waals surface area contributed by atoms with Gasteiger partial charge in [0.25, 0.3) is 0 Å². The van der Waals surface area contributed by atoms with E-state index < -0.39 is 0 Å². The van der Waals surface area contributed by atoms with Crippen molar-refractivity contribution in [1.29, 1.82) is 0 Å². The Morgan fingerprint density at radius 2 is 2.00 bits per heavy atom. The van der Waals surface area contributed by atoms with E-state index in [-0.39, 0.29) is 0 Å². The molecule has 11 heavy (non-hydrogen) atoms. The normalized spacial score (nSPS) is 9.73. The second-order valence-electron chi connectivity index (χ2n) is 1.97. The lowest BCUT2D eigenvalue weighted by Crippen LogP contribution is -1.77. The average Bonchev–Trinajstić information content (AvgIpc) is 2.01.